The first kappa shape index (κ1) is 19.2. The summed E-state index contributed by atoms with van der Waals surface area (Å²) in [5, 5.41) is 8.39. The van der Waals surface area contributed by atoms with Gasteiger partial charge in [-0.3, -0.25) is 0 Å². The molecule has 4 aromatic rings. The van der Waals surface area contributed by atoms with Crippen molar-refractivity contribution in [2.45, 2.75) is 51.0 Å². The maximum absolute atomic E-state index is 5.15. The number of rotatable bonds is 3. The Morgan fingerprint density at radius 1 is 0.909 bits per heavy atom. The zero-order valence-corrected chi connectivity index (χ0v) is 18.9. The number of hydrogen-bond donors (Lipinski definition) is 0. The summed E-state index contributed by atoms with van der Waals surface area (Å²) in [7, 11) is 0. The van der Waals surface area contributed by atoms with Crippen molar-refractivity contribution in [3.05, 3.63) is 60.4 Å². The van der Waals surface area contributed by atoms with E-state index >= 15 is 0 Å². The van der Waals surface area contributed by atoms with Crippen molar-refractivity contribution in [2.24, 2.45) is 5.92 Å². The molecule has 0 N–H and O–H groups in total. The molecule has 3 aromatic heterocycles. The molecule has 5 heterocycles. The van der Waals surface area contributed by atoms with Gasteiger partial charge < -0.3 is 14.2 Å². The van der Waals surface area contributed by atoms with Crippen molar-refractivity contribution in [1.82, 2.24) is 14.7 Å². The van der Waals surface area contributed by atoms with Gasteiger partial charge in [-0.25, -0.2) is 4.63 Å². The van der Waals surface area contributed by atoms with E-state index in [0.717, 1.165) is 36.7 Å². The van der Waals surface area contributed by atoms with Crippen LogP contribution in [-0.2, 0) is 6.42 Å². The van der Waals surface area contributed by atoms with E-state index in [1.165, 1.54) is 66.8 Å². The summed E-state index contributed by atoms with van der Waals surface area (Å²) in [5.74, 6) is 2.05. The average molecular weight is 440 g/mol. The van der Waals surface area contributed by atoms with Crippen molar-refractivity contribution < 1.29 is 4.63 Å². The molecule has 0 bridgehead atoms. The van der Waals surface area contributed by atoms with E-state index in [0.29, 0.717) is 6.04 Å². The maximum Gasteiger partial charge on any atom is 0.140 e. The average Bonchev–Trinajstić information content (AvgIpc) is 3.61. The molecule has 168 valence electrons. The Morgan fingerprint density at radius 2 is 1.79 bits per heavy atom. The first-order valence-electron chi connectivity index (χ1n) is 12.4. The van der Waals surface area contributed by atoms with E-state index in [2.05, 4.69) is 73.2 Å². The fourth-order valence-electron chi connectivity index (χ4n) is 6.70. The second-order valence-electron chi connectivity index (χ2n) is 9.77. The van der Waals surface area contributed by atoms with Crippen LogP contribution in [0.3, 0.4) is 0 Å². The number of benzene rings is 1. The normalized spacial score (nSPS) is 22.5. The Bertz CT molecular complexity index is 1290. The standard InChI is InChI=1S/C27H29N5O/c1-4-12-23-19(8-1)10-7-16-31(23)27-25(21-18-28-33-29-21)26(24-13-5-6-15-32(24)27)30-17-14-20-9-2-3-11-22(20)30/h2-3,5-6,9,11,13,15,18-19,23H,1,4,7-8,10,12,14,16-17H2. The number of anilines is 3. The van der Waals surface area contributed by atoms with Crippen LogP contribution in [0.5, 0.6) is 0 Å². The lowest BCUT2D eigenvalue weighted by molar-refractivity contribution is 0.242. The van der Waals surface area contributed by atoms with Gasteiger partial charge in [-0.15, -0.1) is 0 Å². The quantitative estimate of drug-likeness (QED) is 0.401. The van der Waals surface area contributed by atoms with E-state index < -0.39 is 0 Å². The molecule has 1 saturated carbocycles. The van der Waals surface area contributed by atoms with Crippen LogP contribution in [0.4, 0.5) is 17.2 Å². The number of pyridine rings is 1. The van der Waals surface area contributed by atoms with E-state index in [1.807, 2.05) is 0 Å². The fourth-order valence-corrected chi connectivity index (χ4v) is 6.70. The molecule has 2 aliphatic heterocycles. The van der Waals surface area contributed by atoms with Gasteiger partial charge in [-0.1, -0.05) is 42.3 Å². The summed E-state index contributed by atoms with van der Waals surface area (Å²) < 4.78 is 7.55. The number of piperidine rings is 1. The van der Waals surface area contributed by atoms with Gasteiger partial charge in [0.25, 0.3) is 0 Å². The Kier molecular flexibility index (Phi) is 4.45. The zero-order valence-electron chi connectivity index (χ0n) is 18.9. The van der Waals surface area contributed by atoms with Crippen LogP contribution in [0.15, 0.2) is 59.5 Å². The molecule has 0 radical (unpaired) electrons. The van der Waals surface area contributed by atoms with Crippen molar-refractivity contribution in [3.8, 4) is 11.3 Å². The molecule has 0 amide bonds. The molecule has 6 nitrogen and oxygen atoms in total. The summed E-state index contributed by atoms with van der Waals surface area (Å²) >= 11 is 0. The third kappa shape index (κ3) is 2.93. The van der Waals surface area contributed by atoms with Crippen molar-refractivity contribution in [2.75, 3.05) is 22.9 Å². The highest BCUT2D eigenvalue weighted by atomic mass is 16.6. The highest BCUT2D eigenvalue weighted by Gasteiger charge is 2.38. The molecule has 33 heavy (non-hydrogen) atoms. The smallest absolute Gasteiger partial charge is 0.140 e. The second-order valence-corrected chi connectivity index (χ2v) is 9.77. The number of nitrogens with zero attached hydrogens (tertiary/aromatic N) is 5. The first-order valence-corrected chi connectivity index (χ1v) is 12.4. The fraction of sp³-hybridized carbons (Fsp3) is 0.407. The lowest BCUT2D eigenvalue weighted by atomic mass is 9.78. The van der Waals surface area contributed by atoms with Crippen LogP contribution in [-0.4, -0.2) is 33.8 Å². The molecule has 1 aromatic carbocycles. The third-order valence-corrected chi connectivity index (χ3v) is 8.08. The van der Waals surface area contributed by atoms with Gasteiger partial charge in [0.15, 0.2) is 0 Å². The lowest BCUT2D eigenvalue weighted by Crippen LogP contribution is -2.47. The predicted octanol–water partition coefficient (Wildman–Crippen LogP) is 5.84. The van der Waals surface area contributed by atoms with Gasteiger partial charge in [0.05, 0.1) is 23.0 Å². The van der Waals surface area contributed by atoms with Crippen LogP contribution in [0.25, 0.3) is 16.8 Å². The van der Waals surface area contributed by atoms with E-state index in [9.17, 15) is 0 Å². The first-order chi connectivity index (χ1) is 16.4. The molecule has 2 atom stereocenters. The van der Waals surface area contributed by atoms with Gasteiger partial charge in [-0.05, 0) is 66.9 Å². The molecule has 7 rings (SSSR count). The highest BCUT2D eigenvalue weighted by molar-refractivity contribution is 6.01. The molecule has 2 unspecified atom stereocenters. The molecule has 2 fully saturated rings. The van der Waals surface area contributed by atoms with Gasteiger partial charge in [0.1, 0.15) is 11.5 Å². The van der Waals surface area contributed by atoms with E-state index in [1.54, 1.807) is 6.20 Å². The maximum atomic E-state index is 5.15. The Hall–Kier alpha value is -3.28. The van der Waals surface area contributed by atoms with Crippen LogP contribution in [0.1, 0.15) is 44.1 Å². The largest absolute Gasteiger partial charge is 0.354 e. The molecule has 1 aliphatic carbocycles. The van der Waals surface area contributed by atoms with Crippen LogP contribution in [0, 0.1) is 5.92 Å². The van der Waals surface area contributed by atoms with Crippen LogP contribution >= 0.6 is 0 Å². The zero-order chi connectivity index (χ0) is 21.8. The van der Waals surface area contributed by atoms with E-state index in [-0.39, 0.29) is 0 Å². The minimum absolute atomic E-state index is 0.600. The van der Waals surface area contributed by atoms with Crippen molar-refractivity contribution in [1.29, 1.82) is 0 Å². The number of fused-ring (bicyclic) bond motifs is 3. The number of hydrogen-bond acceptors (Lipinski definition) is 5. The molecule has 3 aliphatic rings. The monoisotopic (exact) mass is 439 g/mol. The van der Waals surface area contributed by atoms with Crippen molar-refractivity contribution >= 4 is 22.7 Å². The predicted molar refractivity (Wildman–Crippen MR) is 130 cm³/mol. The third-order valence-electron chi connectivity index (χ3n) is 8.08. The topological polar surface area (TPSA) is 49.8 Å². The van der Waals surface area contributed by atoms with E-state index in [4.69, 9.17) is 4.63 Å². The van der Waals surface area contributed by atoms with Gasteiger partial charge in [0, 0.05) is 31.0 Å². The summed E-state index contributed by atoms with van der Waals surface area (Å²) in [5.41, 5.74) is 7.14. The summed E-state index contributed by atoms with van der Waals surface area (Å²) in [6.45, 7) is 2.06. The Balaban J connectivity index is 1.50. The molecule has 6 heteroatoms. The lowest BCUT2D eigenvalue weighted by Gasteiger charge is -2.45. The minimum atomic E-state index is 0.600. The van der Waals surface area contributed by atoms with Gasteiger partial charge in [0.2, 0.25) is 0 Å². The second kappa shape index (κ2) is 7.65. The van der Waals surface area contributed by atoms with Crippen molar-refractivity contribution in [3.63, 3.8) is 0 Å². The number of aromatic nitrogens is 3. The summed E-state index contributed by atoms with van der Waals surface area (Å²) in [6.07, 6.45) is 13.0. The van der Waals surface area contributed by atoms with Gasteiger partial charge >= 0.3 is 0 Å². The highest BCUT2D eigenvalue weighted by Crippen LogP contribution is 2.50. The van der Waals surface area contributed by atoms with Crippen LogP contribution < -0.4 is 9.80 Å². The van der Waals surface area contributed by atoms with Gasteiger partial charge in [-0.2, -0.15) is 0 Å². The summed E-state index contributed by atoms with van der Waals surface area (Å²) in [4.78, 5) is 5.19. The molecule has 0 spiro atoms. The Labute approximate surface area is 193 Å². The molecular weight excluding hydrogens is 410 g/mol. The number of para-hydroxylation sites is 1. The molecular formula is C27H29N5O. The summed E-state index contributed by atoms with van der Waals surface area (Å²) in [6, 6.07) is 15.9. The Morgan fingerprint density at radius 3 is 2.73 bits per heavy atom. The molecule has 1 saturated heterocycles. The SMILES string of the molecule is c1ccc2c(c1)CCN2c1c(-c2cnon2)c(N2CCCC3CCCCC32)n2ccccc12. The van der Waals surface area contributed by atoms with Crippen LogP contribution in [0.2, 0.25) is 0 Å². The minimum Gasteiger partial charge on any atom is -0.354 e.